The number of benzene rings is 3. The molecule has 5 rings (SSSR count). The Kier molecular flexibility index (Phi) is 3.69. The molecular formula is C22H14BrN3O. The monoisotopic (exact) mass is 415 g/mol. The summed E-state index contributed by atoms with van der Waals surface area (Å²) >= 11 is 3.55. The van der Waals surface area contributed by atoms with Crippen molar-refractivity contribution in [3.8, 4) is 5.88 Å². The van der Waals surface area contributed by atoms with E-state index in [1.165, 1.54) is 0 Å². The second-order valence-corrected chi connectivity index (χ2v) is 7.14. The number of halogens is 1. The highest BCUT2D eigenvalue weighted by Crippen LogP contribution is 2.40. The molecule has 0 aliphatic carbocycles. The van der Waals surface area contributed by atoms with Crippen molar-refractivity contribution in [2.45, 2.75) is 0 Å². The summed E-state index contributed by atoms with van der Waals surface area (Å²) in [6, 6.07) is 23.6. The quantitative estimate of drug-likeness (QED) is 0.503. The van der Waals surface area contributed by atoms with Gasteiger partial charge in [-0.3, -0.25) is 0 Å². The summed E-state index contributed by atoms with van der Waals surface area (Å²) < 4.78 is 0.891. The molecule has 0 unspecified atom stereocenters. The maximum atomic E-state index is 10.8. The minimum atomic E-state index is 0.101. The number of para-hydroxylation sites is 3. The molecule has 5 heteroatoms. The Morgan fingerprint density at radius 1 is 0.815 bits per heavy atom. The lowest BCUT2D eigenvalue weighted by Gasteiger charge is -2.09. The summed E-state index contributed by atoms with van der Waals surface area (Å²) in [5.74, 6) is 0.697. The zero-order valence-corrected chi connectivity index (χ0v) is 15.7. The number of nitrogens with zero attached hydrogens (tertiary/aromatic N) is 2. The van der Waals surface area contributed by atoms with Gasteiger partial charge in [-0.15, -0.1) is 0 Å². The molecule has 2 heterocycles. The summed E-state index contributed by atoms with van der Waals surface area (Å²) in [5.41, 5.74) is 3.29. The highest BCUT2D eigenvalue weighted by atomic mass is 79.9. The third kappa shape index (κ3) is 2.59. The second-order valence-electron chi connectivity index (χ2n) is 6.29. The number of aromatic hydroxyl groups is 1. The molecule has 0 fully saturated rings. The molecule has 0 spiro atoms. The predicted octanol–water partition coefficient (Wildman–Crippen LogP) is 4.31. The standard InChI is InChI=1S/C22H14BrN3O/c23-15-10-6-9-14-19(22(27)26-20(14)15)18(13-7-2-1-3-8-13)21-24-16-11-4-5-12-17(16)25-21/h1-12,26-27H. The lowest BCUT2D eigenvalue weighted by atomic mass is 9.97. The first kappa shape index (κ1) is 16.0. The van der Waals surface area contributed by atoms with E-state index in [2.05, 4.69) is 20.9 Å². The number of fused-ring (bicyclic) bond motifs is 2. The smallest absolute Gasteiger partial charge is 0.197 e. The third-order valence-corrected chi connectivity index (χ3v) is 5.29. The molecule has 1 aliphatic rings. The molecule has 27 heavy (non-hydrogen) atoms. The van der Waals surface area contributed by atoms with Crippen molar-refractivity contribution < 1.29 is 5.11 Å². The number of aromatic amines is 1. The van der Waals surface area contributed by atoms with Gasteiger partial charge in [-0.05, 0) is 39.7 Å². The maximum absolute atomic E-state index is 10.8. The van der Waals surface area contributed by atoms with Crippen molar-refractivity contribution in [2.75, 3.05) is 0 Å². The molecule has 2 N–H and O–H groups in total. The summed E-state index contributed by atoms with van der Waals surface area (Å²) in [4.78, 5) is 12.5. The summed E-state index contributed by atoms with van der Waals surface area (Å²) in [7, 11) is 0. The molecule has 4 aromatic rings. The minimum absolute atomic E-state index is 0.101. The highest BCUT2D eigenvalue weighted by molar-refractivity contribution is 9.10. The highest BCUT2D eigenvalue weighted by Gasteiger charge is 2.22. The van der Waals surface area contributed by atoms with Crippen LogP contribution in [0.5, 0.6) is 5.88 Å². The van der Waals surface area contributed by atoms with E-state index in [1.807, 2.05) is 72.8 Å². The lowest BCUT2D eigenvalue weighted by Crippen LogP contribution is -2.19. The van der Waals surface area contributed by atoms with Gasteiger partial charge in [-0.25, -0.2) is 9.98 Å². The van der Waals surface area contributed by atoms with Gasteiger partial charge in [0.1, 0.15) is 0 Å². The zero-order chi connectivity index (χ0) is 18.4. The summed E-state index contributed by atoms with van der Waals surface area (Å²) in [6.45, 7) is 0. The van der Waals surface area contributed by atoms with Crippen LogP contribution in [-0.2, 0) is 0 Å². The van der Waals surface area contributed by atoms with E-state index in [1.54, 1.807) is 0 Å². The molecule has 0 radical (unpaired) electrons. The van der Waals surface area contributed by atoms with E-state index in [0.717, 1.165) is 37.2 Å². The molecule has 3 aromatic carbocycles. The van der Waals surface area contributed by atoms with Gasteiger partial charge in [0.2, 0.25) is 0 Å². The largest absolute Gasteiger partial charge is 0.494 e. The second kappa shape index (κ2) is 6.21. The van der Waals surface area contributed by atoms with Crippen molar-refractivity contribution in [1.82, 2.24) is 4.98 Å². The Labute approximate surface area is 163 Å². The van der Waals surface area contributed by atoms with Crippen LogP contribution in [0.25, 0.3) is 16.5 Å². The zero-order valence-electron chi connectivity index (χ0n) is 14.1. The fourth-order valence-electron chi connectivity index (χ4n) is 3.43. The van der Waals surface area contributed by atoms with Crippen molar-refractivity contribution in [3.05, 3.63) is 105 Å². The first-order valence-electron chi connectivity index (χ1n) is 8.54. The van der Waals surface area contributed by atoms with Gasteiger partial charge in [0.05, 0.1) is 21.8 Å². The Morgan fingerprint density at radius 2 is 1.48 bits per heavy atom. The number of hydrogen-bond donors (Lipinski definition) is 2. The van der Waals surface area contributed by atoms with E-state index in [-0.39, 0.29) is 5.88 Å². The Bertz CT molecular complexity index is 1300. The average molecular weight is 416 g/mol. The Balaban J connectivity index is 1.90. The van der Waals surface area contributed by atoms with Gasteiger partial charge in [0.25, 0.3) is 0 Å². The van der Waals surface area contributed by atoms with Crippen molar-refractivity contribution >= 4 is 32.4 Å². The fraction of sp³-hybridized carbons (Fsp3) is 0. The third-order valence-electron chi connectivity index (χ3n) is 4.63. The molecule has 4 nitrogen and oxygen atoms in total. The molecule has 0 saturated heterocycles. The van der Waals surface area contributed by atoms with Crippen LogP contribution in [-0.4, -0.2) is 10.1 Å². The number of nitrogens with one attached hydrogen (secondary N) is 1. The van der Waals surface area contributed by atoms with E-state index in [0.29, 0.717) is 11.4 Å². The predicted molar refractivity (Wildman–Crippen MR) is 109 cm³/mol. The molecule has 1 aromatic heterocycles. The van der Waals surface area contributed by atoms with Gasteiger partial charge in [0.15, 0.2) is 11.7 Å². The fourth-order valence-corrected chi connectivity index (χ4v) is 3.89. The average Bonchev–Trinajstić information content (AvgIpc) is 3.26. The van der Waals surface area contributed by atoms with Crippen molar-refractivity contribution in [3.63, 3.8) is 0 Å². The van der Waals surface area contributed by atoms with Gasteiger partial charge in [0, 0.05) is 15.4 Å². The van der Waals surface area contributed by atoms with Crippen LogP contribution in [0, 0.1) is 0 Å². The topological polar surface area (TPSA) is 60.7 Å². The number of rotatable bonds is 2. The molecule has 0 amide bonds. The van der Waals surface area contributed by atoms with E-state index < -0.39 is 0 Å². The first-order chi connectivity index (χ1) is 13.2. The minimum Gasteiger partial charge on any atom is -0.494 e. The molecule has 0 atom stereocenters. The first-order valence-corrected chi connectivity index (χ1v) is 9.33. The van der Waals surface area contributed by atoms with Crippen LogP contribution in [0.1, 0.15) is 11.1 Å². The van der Waals surface area contributed by atoms with Crippen molar-refractivity contribution in [1.29, 1.82) is 0 Å². The van der Waals surface area contributed by atoms with Gasteiger partial charge in [-0.1, -0.05) is 54.6 Å². The van der Waals surface area contributed by atoms with Gasteiger partial charge in [-0.2, -0.15) is 0 Å². The Morgan fingerprint density at radius 3 is 2.19 bits per heavy atom. The molecule has 130 valence electrons. The normalized spacial score (nSPS) is 12.6. The van der Waals surface area contributed by atoms with E-state index in [4.69, 9.17) is 9.98 Å². The molecule has 0 bridgehead atoms. The number of aromatic nitrogens is 1. The van der Waals surface area contributed by atoms with Gasteiger partial charge >= 0.3 is 0 Å². The van der Waals surface area contributed by atoms with Crippen molar-refractivity contribution in [2.24, 2.45) is 9.98 Å². The summed E-state index contributed by atoms with van der Waals surface area (Å²) in [6.07, 6.45) is 0. The Hall–Kier alpha value is -3.18. The molecule has 0 saturated carbocycles. The lowest BCUT2D eigenvalue weighted by molar-refractivity contribution is 0.457. The SMILES string of the molecule is Oc1[nH]c2c(Br)cccc2c1C(=C1N=c2ccccc2=N1)c1ccccc1. The van der Waals surface area contributed by atoms with Crippen LogP contribution < -0.4 is 10.7 Å². The van der Waals surface area contributed by atoms with Crippen LogP contribution in [0.4, 0.5) is 0 Å². The van der Waals surface area contributed by atoms with Crippen LogP contribution in [0.2, 0.25) is 0 Å². The van der Waals surface area contributed by atoms with Crippen LogP contribution in [0.3, 0.4) is 0 Å². The van der Waals surface area contributed by atoms with Crippen LogP contribution in [0.15, 0.2) is 93.1 Å². The van der Waals surface area contributed by atoms with Gasteiger partial charge < -0.3 is 10.1 Å². The number of H-pyrrole nitrogens is 1. The number of hydrogen-bond acceptors (Lipinski definition) is 3. The van der Waals surface area contributed by atoms with Crippen LogP contribution >= 0.6 is 15.9 Å². The maximum Gasteiger partial charge on any atom is 0.197 e. The molecular weight excluding hydrogens is 402 g/mol. The summed E-state index contributed by atoms with van der Waals surface area (Å²) in [5, 5.41) is 13.4. The van der Waals surface area contributed by atoms with E-state index in [9.17, 15) is 5.11 Å². The van der Waals surface area contributed by atoms with E-state index >= 15 is 0 Å². The molecule has 1 aliphatic heterocycles.